The number of fused-ring (bicyclic) bond motifs is 1. The highest BCUT2D eigenvalue weighted by molar-refractivity contribution is 5.93. The smallest absolute Gasteiger partial charge is 0.227 e. The molecule has 0 saturated heterocycles. The van der Waals surface area contributed by atoms with Crippen molar-refractivity contribution in [3.05, 3.63) is 52.2 Å². The van der Waals surface area contributed by atoms with Crippen molar-refractivity contribution in [3.8, 4) is 0 Å². The van der Waals surface area contributed by atoms with E-state index in [-0.39, 0.29) is 12.5 Å². The number of aromatic amines is 2. The Bertz CT molecular complexity index is 939. The predicted octanol–water partition coefficient (Wildman–Crippen LogP) is 2.69. The van der Waals surface area contributed by atoms with Crippen molar-refractivity contribution in [2.24, 2.45) is 0 Å². The summed E-state index contributed by atoms with van der Waals surface area (Å²) in [5, 5.41) is 10.5. The number of carbonyl (C=O) groups excluding carboxylic acids is 1. The van der Waals surface area contributed by atoms with Crippen molar-refractivity contribution in [2.75, 3.05) is 13.2 Å². The summed E-state index contributed by atoms with van der Waals surface area (Å²) < 4.78 is 0. The van der Waals surface area contributed by atoms with Gasteiger partial charge in [-0.15, -0.1) is 0 Å². The van der Waals surface area contributed by atoms with Crippen LogP contribution in [-0.4, -0.2) is 44.0 Å². The molecular weight excluding hydrogens is 328 g/mol. The maximum atomic E-state index is 13.0. The zero-order valence-corrected chi connectivity index (χ0v) is 15.8. The number of H-pyrrole nitrogens is 2. The highest BCUT2D eigenvalue weighted by Crippen LogP contribution is 2.28. The monoisotopic (exact) mass is 354 g/mol. The van der Waals surface area contributed by atoms with Gasteiger partial charge in [0.2, 0.25) is 5.91 Å². The maximum Gasteiger partial charge on any atom is 0.227 e. The SMILES string of the molecule is Cc1[nH]cnc1CN(CCO)C(=O)Cc1c(C)[nH]c2c(C)ccc(C)c12. The number of carbonyl (C=O) groups is 1. The van der Waals surface area contributed by atoms with Crippen LogP contribution in [0.1, 0.15) is 33.8 Å². The summed E-state index contributed by atoms with van der Waals surface area (Å²) in [6, 6.07) is 4.19. The van der Waals surface area contributed by atoms with Crippen LogP contribution in [0.2, 0.25) is 0 Å². The average molecular weight is 354 g/mol. The number of aliphatic hydroxyl groups excluding tert-OH is 1. The normalized spacial score (nSPS) is 11.3. The quantitative estimate of drug-likeness (QED) is 0.636. The molecule has 0 radical (unpaired) electrons. The van der Waals surface area contributed by atoms with Crippen LogP contribution in [0.25, 0.3) is 10.9 Å². The van der Waals surface area contributed by atoms with E-state index in [0.717, 1.165) is 39.1 Å². The molecule has 6 heteroatoms. The Morgan fingerprint density at radius 3 is 2.54 bits per heavy atom. The van der Waals surface area contributed by atoms with E-state index in [9.17, 15) is 9.90 Å². The number of imidazole rings is 1. The van der Waals surface area contributed by atoms with E-state index in [1.165, 1.54) is 5.56 Å². The van der Waals surface area contributed by atoms with Crippen molar-refractivity contribution in [3.63, 3.8) is 0 Å². The Morgan fingerprint density at radius 2 is 1.88 bits per heavy atom. The summed E-state index contributed by atoms with van der Waals surface area (Å²) in [5.41, 5.74) is 7.26. The van der Waals surface area contributed by atoms with Crippen molar-refractivity contribution >= 4 is 16.8 Å². The number of benzene rings is 1. The van der Waals surface area contributed by atoms with Gasteiger partial charge in [0.25, 0.3) is 0 Å². The van der Waals surface area contributed by atoms with Gasteiger partial charge in [-0.2, -0.15) is 0 Å². The largest absolute Gasteiger partial charge is 0.395 e. The molecule has 6 nitrogen and oxygen atoms in total. The molecule has 26 heavy (non-hydrogen) atoms. The van der Waals surface area contributed by atoms with Gasteiger partial charge in [-0.3, -0.25) is 4.79 Å². The van der Waals surface area contributed by atoms with Gasteiger partial charge < -0.3 is 20.0 Å². The summed E-state index contributed by atoms with van der Waals surface area (Å²) in [6.45, 7) is 8.71. The first-order valence-corrected chi connectivity index (χ1v) is 8.87. The van der Waals surface area contributed by atoms with Crippen LogP contribution < -0.4 is 0 Å². The molecule has 0 bridgehead atoms. The lowest BCUT2D eigenvalue weighted by Gasteiger charge is -2.21. The van der Waals surface area contributed by atoms with E-state index < -0.39 is 0 Å². The van der Waals surface area contributed by atoms with Crippen LogP contribution in [0.3, 0.4) is 0 Å². The maximum absolute atomic E-state index is 13.0. The van der Waals surface area contributed by atoms with Crippen LogP contribution >= 0.6 is 0 Å². The molecule has 1 aromatic carbocycles. The molecule has 0 atom stereocenters. The zero-order valence-electron chi connectivity index (χ0n) is 15.8. The van der Waals surface area contributed by atoms with E-state index >= 15 is 0 Å². The average Bonchev–Trinajstić information content (AvgIpc) is 3.15. The number of aromatic nitrogens is 3. The van der Waals surface area contributed by atoms with Crippen LogP contribution in [0.15, 0.2) is 18.5 Å². The molecule has 3 N–H and O–H groups in total. The highest BCUT2D eigenvalue weighted by atomic mass is 16.3. The van der Waals surface area contributed by atoms with Crippen LogP contribution in [0, 0.1) is 27.7 Å². The first-order chi connectivity index (χ1) is 12.4. The molecule has 138 valence electrons. The third kappa shape index (κ3) is 3.37. The fourth-order valence-corrected chi connectivity index (χ4v) is 3.44. The van der Waals surface area contributed by atoms with Gasteiger partial charge >= 0.3 is 0 Å². The first-order valence-electron chi connectivity index (χ1n) is 8.87. The first kappa shape index (κ1) is 18.2. The van der Waals surface area contributed by atoms with Crippen LogP contribution in [0.4, 0.5) is 0 Å². The van der Waals surface area contributed by atoms with Gasteiger partial charge in [0.1, 0.15) is 0 Å². The molecule has 1 amide bonds. The number of amides is 1. The molecule has 2 aromatic heterocycles. The number of nitrogens with zero attached hydrogens (tertiary/aromatic N) is 2. The summed E-state index contributed by atoms with van der Waals surface area (Å²) in [4.78, 5) is 25.4. The van der Waals surface area contributed by atoms with E-state index in [4.69, 9.17) is 0 Å². The van der Waals surface area contributed by atoms with Gasteiger partial charge in [-0.05, 0) is 44.4 Å². The molecule has 0 aliphatic heterocycles. The van der Waals surface area contributed by atoms with Crippen LogP contribution in [-0.2, 0) is 17.8 Å². The molecule has 0 saturated carbocycles. The zero-order chi connectivity index (χ0) is 18.8. The fourth-order valence-electron chi connectivity index (χ4n) is 3.44. The Hall–Kier alpha value is -2.60. The lowest BCUT2D eigenvalue weighted by Crippen LogP contribution is -2.34. The third-order valence-corrected chi connectivity index (χ3v) is 5.01. The number of rotatable bonds is 6. The van der Waals surface area contributed by atoms with Gasteiger partial charge in [-0.1, -0.05) is 12.1 Å². The van der Waals surface area contributed by atoms with Gasteiger partial charge in [0, 0.05) is 28.8 Å². The van der Waals surface area contributed by atoms with Crippen molar-refractivity contribution < 1.29 is 9.90 Å². The topological polar surface area (TPSA) is 85.0 Å². The molecule has 3 aromatic rings. The lowest BCUT2D eigenvalue weighted by molar-refractivity contribution is -0.131. The van der Waals surface area contributed by atoms with E-state index in [0.29, 0.717) is 19.5 Å². The fraction of sp³-hybridized carbons (Fsp3) is 0.400. The third-order valence-electron chi connectivity index (χ3n) is 5.01. The molecule has 0 unspecified atom stereocenters. The Kier molecular flexibility index (Phi) is 5.13. The number of nitrogens with one attached hydrogen (secondary N) is 2. The molecule has 0 aliphatic carbocycles. The van der Waals surface area contributed by atoms with Gasteiger partial charge in [-0.25, -0.2) is 4.98 Å². The minimum absolute atomic E-state index is 0.00800. The van der Waals surface area contributed by atoms with Crippen LogP contribution in [0.5, 0.6) is 0 Å². The molecule has 3 rings (SSSR count). The van der Waals surface area contributed by atoms with E-state index in [2.05, 4.69) is 40.9 Å². The Morgan fingerprint density at radius 1 is 1.15 bits per heavy atom. The number of hydrogen-bond donors (Lipinski definition) is 3. The minimum atomic E-state index is -0.0692. The van der Waals surface area contributed by atoms with Gasteiger partial charge in [0.15, 0.2) is 0 Å². The molecule has 0 fully saturated rings. The highest BCUT2D eigenvalue weighted by Gasteiger charge is 2.20. The Balaban J connectivity index is 1.90. The second-order valence-electron chi connectivity index (χ2n) is 6.87. The second-order valence-corrected chi connectivity index (χ2v) is 6.87. The summed E-state index contributed by atoms with van der Waals surface area (Å²) in [5.74, 6) is -0.00800. The second kappa shape index (κ2) is 7.33. The minimum Gasteiger partial charge on any atom is -0.395 e. The number of hydrogen-bond acceptors (Lipinski definition) is 3. The summed E-state index contributed by atoms with van der Waals surface area (Å²) in [6.07, 6.45) is 1.93. The molecule has 2 heterocycles. The molecule has 0 spiro atoms. The van der Waals surface area contributed by atoms with E-state index in [1.807, 2.05) is 13.8 Å². The molecule has 0 aliphatic rings. The lowest BCUT2D eigenvalue weighted by atomic mass is 10.0. The molecular formula is C20H26N4O2. The number of aryl methyl sites for hydroxylation is 4. The summed E-state index contributed by atoms with van der Waals surface area (Å²) in [7, 11) is 0. The standard InChI is InChI=1S/C20H26N4O2/c1-12-5-6-13(2)20-19(12)16(14(3)23-20)9-18(26)24(7-8-25)10-17-15(4)21-11-22-17/h5-6,11,23,25H,7-10H2,1-4H3,(H,21,22). The predicted molar refractivity (Wildman–Crippen MR) is 102 cm³/mol. The van der Waals surface area contributed by atoms with Crippen molar-refractivity contribution in [1.82, 2.24) is 19.9 Å². The summed E-state index contributed by atoms with van der Waals surface area (Å²) >= 11 is 0. The number of aliphatic hydroxyl groups is 1. The van der Waals surface area contributed by atoms with Crippen molar-refractivity contribution in [1.29, 1.82) is 0 Å². The van der Waals surface area contributed by atoms with Gasteiger partial charge in [0.05, 0.1) is 31.6 Å². The van der Waals surface area contributed by atoms with E-state index in [1.54, 1.807) is 11.2 Å². The Labute approximate surface area is 153 Å². The van der Waals surface area contributed by atoms with Crippen molar-refractivity contribution in [2.45, 2.75) is 40.7 Å².